The number of hydrogen-bond acceptors (Lipinski definition) is 4. The molecule has 116 valence electrons. The summed E-state index contributed by atoms with van der Waals surface area (Å²) < 4.78 is 0.968. The highest BCUT2D eigenvalue weighted by Crippen LogP contribution is 2.27. The van der Waals surface area contributed by atoms with E-state index in [-0.39, 0.29) is 16.1 Å². The standard InChI is InChI=1S/C15H8BrCl2N3OS/c16-10-3-1-2-8(4-10)12-7-23-15(20-12)21-14(22)9-5-11(17)13(18)19-6-9/h1-7H,(H,20,21,22). The molecule has 23 heavy (non-hydrogen) atoms. The minimum atomic E-state index is -0.341. The second-order valence-electron chi connectivity index (χ2n) is 4.50. The van der Waals surface area contributed by atoms with Crippen molar-refractivity contribution in [2.24, 2.45) is 0 Å². The number of pyridine rings is 1. The first-order valence-electron chi connectivity index (χ1n) is 6.37. The zero-order valence-corrected chi connectivity index (χ0v) is 15.3. The van der Waals surface area contributed by atoms with E-state index in [9.17, 15) is 4.79 Å². The van der Waals surface area contributed by atoms with Crippen molar-refractivity contribution in [3.8, 4) is 11.3 Å². The zero-order chi connectivity index (χ0) is 16.4. The van der Waals surface area contributed by atoms with E-state index in [1.54, 1.807) is 0 Å². The van der Waals surface area contributed by atoms with E-state index in [1.165, 1.54) is 23.6 Å². The van der Waals surface area contributed by atoms with Crippen molar-refractivity contribution in [2.75, 3.05) is 5.32 Å². The highest BCUT2D eigenvalue weighted by Gasteiger charge is 2.12. The molecule has 0 saturated heterocycles. The molecule has 0 aliphatic rings. The van der Waals surface area contributed by atoms with Gasteiger partial charge in [0.1, 0.15) is 5.15 Å². The van der Waals surface area contributed by atoms with Gasteiger partial charge in [-0.1, -0.05) is 51.3 Å². The third kappa shape index (κ3) is 3.90. The van der Waals surface area contributed by atoms with Crippen LogP contribution in [0.4, 0.5) is 5.13 Å². The Morgan fingerprint density at radius 3 is 2.83 bits per heavy atom. The number of amides is 1. The third-order valence-electron chi connectivity index (χ3n) is 2.90. The van der Waals surface area contributed by atoms with Crippen LogP contribution in [0.2, 0.25) is 10.2 Å². The largest absolute Gasteiger partial charge is 0.298 e. The van der Waals surface area contributed by atoms with Crippen LogP contribution < -0.4 is 5.32 Å². The predicted molar refractivity (Wildman–Crippen MR) is 97.5 cm³/mol. The number of carbonyl (C=O) groups excluding carboxylic acids is 1. The fraction of sp³-hybridized carbons (Fsp3) is 0. The van der Waals surface area contributed by atoms with Crippen molar-refractivity contribution < 1.29 is 4.79 Å². The van der Waals surface area contributed by atoms with Gasteiger partial charge in [0.2, 0.25) is 0 Å². The van der Waals surface area contributed by atoms with E-state index >= 15 is 0 Å². The van der Waals surface area contributed by atoms with Crippen molar-refractivity contribution in [3.05, 3.63) is 62.1 Å². The summed E-state index contributed by atoms with van der Waals surface area (Å²) in [6.07, 6.45) is 1.37. The van der Waals surface area contributed by atoms with Gasteiger partial charge in [-0.15, -0.1) is 11.3 Å². The molecule has 1 aromatic carbocycles. The molecule has 2 aromatic heterocycles. The lowest BCUT2D eigenvalue weighted by atomic mass is 10.2. The number of anilines is 1. The van der Waals surface area contributed by atoms with Crippen LogP contribution in [0, 0.1) is 0 Å². The number of hydrogen-bond donors (Lipinski definition) is 1. The normalized spacial score (nSPS) is 10.6. The smallest absolute Gasteiger partial charge is 0.259 e. The maximum Gasteiger partial charge on any atom is 0.259 e. The van der Waals surface area contributed by atoms with Crippen molar-refractivity contribution in [3.63, 3.8) is 0 Å². The average molecular weight is 429 g/mol. The molecule has 3 aromatic rings. The van der Waals surface area contributed by atoms with Crippen LogP contribution in [0.1, 0.15) is 10.4 Å². The second kappa shape index (κ2) is 6.97. The van der Waals surface area contributed by atoms with Crippen molar-refractivity contribution in [1.29, 1.82) is 0 Å². The van der Waals surface area contributed by atoms with Crippen LogP contribution in [0.3, 0.4) is 0 Å². The summed E-state index contributed by atoms with van der Waals surface area (Å²) in [5.41, 5.74) is 2.07. The Bertz CT molecular complexity index is 885. The Morgan fingerprint density at radius 2 is 2.09 bits per heavy atom. The summed E-state index contributed by atoms with van der Waals surface area (Å²) in [7, 11) is 0. The molecule has 0 bridgehead atoms. The zero-order valence-electron chi connectivity index (χ0n) is 11.4. The van der Waals surface area contributed by atoms with Crippen LogP contribution in [0.15, 0.2) is 46.4 Å². The number of nitrogens with zero attached hydrogens (tertiary/aromatic N) is 2. The van der Waals surface area contributed by atoms with Gasteiger partial charge in [0.15, 0.2) is 5.13 Å². The lowest BCUT2D eigenvalue weighted by molar-refractivity contribution is 0.102. The molecule has 0 saturated carbocycles. The molecule has 0 radical (unpaired) electrons. The van der Waals surface area contributed by atoms with E-state index in [0.717, 1.165) is 15.7 Å². The second-order valence-corrected chi connectivity index (χ2v) is 7.04. The quantitative estimate of drug-likeness (QED) is 0.558. The predicted octanol–water partition coefficient (Wildman–Crippen LogP) is 5.53. The summed E-state index contributed by atoms with van der Waals surface area (Å²) >= 11 is 16.4. The van der Waals surface area contributed by atoms with Crippen LogP contribution in [-0.4, -0.2) is 15.9 Å². The number of carbonyl (C=O) groups is 1. The molecule has 3 rings (SSSR count). The van der Waals surface area contributed by atoms with Crippen molar-refractivity contribution in [1.82, 2.24) is 9.97 Å². The summed E-state index contributed by atoms with van der Waals surface area (Å²) in [6.45, 7) is 0. The third-order valence-corrected chi connectivity index (χ3v) is 4.84. The number of halogens is 3. The molecule has 1 N–H and O–H groups in total. The van der Waals surface area contributed by atoms with Gasteiger partial charge >= 0.3 is 0 Å². The van der Waals surface area contributed by atoms with Gasteiger partial charge in [0.05, 0.1) is 16.3 Å². The first kappa shape index (κ1) is 16.4. The van der Waals surface area contributed by atoms with E-state index in [0.29, 0.717) is 10.7 Å². The number of nitrogens with one attached hydrogen (secondary N) is 1. The van der Waals surface area contributed by atoms with Gasteiger partial charge in [-0.05, 0) is 18.2 Å². The Balaban J connectivity index is 1.78. The van der Waals surface area contributed by atoms with Gasteiger partial charge in [-0.2, -0.15) is 0 Å². The lowest BCUT2D eigenvalue weighted by Gasteiger charge is -2.02. The van der Waals surface area contributed by atoms with Crippen molar-refractivity contribution in [2.45, 2.75) is 0 Å². The molecule has 0 aliphatic carbocycles. The van der Waals surface area contributed by atoms with Gasteiger partial charge in [0.25, 0.3) is 5.91 Å². The van der Waals surface area contributed by atoms with E-state index < -0.39 is 0 Å². The first-order valence-corrected chi connectivity index (χ1v) is 8.79. The Morgan fingerprint density at radius 1 is 1.26 bits per heavy atom. The summed E-state index contributed by atoms with van der Waals surface area (Å²) in [5, 5.41) is 5.49. The lowest BCUT2D eigenvalue weighted by Crippen LogP contribution is -2.12. The van der Waals surface area contributed by atoms with Crippen LogP contribution in [0.5, 0.6) is 0 Å². The number of benzene rings is 1. The van der Waals surface area contributed by atoms with Gasteiger partial charge in [0, 0.05) is 21.6 Å². The fourth-order valence-electron chi connectivity index (χ4n) is 1.83. The molecule has 2 heterocycles. The van der Waals surface area contributed by atoms with Crippen LogP contribution in [0.25, 0.3) is 11.3 Å². The average Bonchev–Trinajstić information content (AvgIpc) is 2.98. The molecule has 0 fully saturated rings. The SMILES string of the molecule is O=C(Nc1nc(-c2cccc(Br)c2)cs1)c1cnc(Cl)c(Cl)c1. The maximum absolute atomic E-state index is 12.2. The number of thiazole rings is 1. The fourth-order valence-corrected chi connectivity index (χ4v) is 3.21. The van der Waals surface area contributed by atoms with Gasteiger partial charge in [-0.25, -0.2) is 9.97 Å². The molecule has 0 aliphatic heterocycles. The van der Waals surface area contributed by atoms with Crippen molar-refractivity contribution >= 4 is 61.5 Å². The molecule has 4 nitrogen and oxygen atoms in total. The Hall–Kier alpha value is -1.47. The maximum atomic E-state index is 12.2. The first-order chi connectivity index (χ1) is 11.0. The topological polar surface area (TPSA) is 54.9 Å². The molecule has 1 amide bonds. The minimum Gasteiger partial charge on any atom is -0.298 e. The summed E-state index contributed by atoms with van der Waals surface area (Å²) in [6, 6.07) is 9.25. The Labute approximate surface area is 154 Å². The molecule has 0 atom stereocenters. The monoisotopic (exact) mass is 427 g/mol. The Kier molecular flexibility index (Phi) is 4.96. The highest BCUT2D eigenvalue weighted by molar-refractivity contribution is 9.10. The van der Waals surface area contributed by atoms with Gasteiger partial charge < -0.3 is 0 Å². The molecule has 0 spiro atoms. The molecular weight excluding hydrogens is 421 g/mol. The van der Waals surface area contributed by atoms with Crippen LogP contribution in [-0.2, 0) is 0 Å². The summed E-state index contributed by atoms with van der Waals surface area (Å²) in [5.74, 6) is -0.341. The van der Waals surface area contributed by atoms with Gasteiger partial charge in [-0.3, -0.25) is 10.1 Å². The van der Waals surface area contributed by atoms with Crippen LogP contribution >= 0.6 is 50.5 Å². The van der Waals surface area contributed by atoms with E-state index in [2.05, 4.69) is 31.2 Å². The minimum absolute atomic E-state index is 0.161. The number of rotatable bonds is 3. The van der Waals surface area contributed by atoms with E-state index in [1.807, 2.05) is 29.6 Å². The highest BCUT2D eigenvalue weighted by atomic mass is 79.9. The molecular formula is C15H8BrCl2N3OS. The molecule has 8 heteroatoms. The molecule has 0 unspecified atom stereocenters. The van der Waals surface area contributed by atoms with E-state index in [4.69, 9.17) is 23.2 Å². The summed E-state index contributed by atoms with van der Waals surface area (Å²) in [4.78, 5) is 20.5. The number of aromatic nitrogens is 2.